The molecule has 0 radical (unpaired) electrons. The second-order valence-corrected chi connectivity index (χ2v) is 4.30. The first-order valence-electron chi connectivity index (χ1n) is 5.51. The lowest BCUT2D eigenvalue weighted by molar-refractivity contribution is 0.255. The predicted molar refractivity (Wildman–Crippen MR) is 65.6 cm³/mol. The van der Waals surface area contributed by atoms with Crippen molar-refractivity contribution < 1.29 is 4.74 Å². The number of aryl methyl sites for hydroxylation is 1. The minimum absolute atomic E-state index is 0.597. The van der Waals surface area contributed by atoms with Crippen LogP contribution in [-0.2, 0) is 6.54 Å². The Morgan fingerprint density at radius 2 is 2.33 bits per heavy atom. The molecule has 0 saturated carbocycles. The molecule has 4 heteroatoms. The Morgan fingerprint density at radius 3 is 2.87 bits per heavy atom. The Labute approximate surface area is 99.9 Å². The van der Waals surface area contributed by atoms with Gasteiger partial charge in [-0.2, -0.15) is 5.10 Å². The molecule has 1 aromatic rings. The van der Waals surface area contributed by atoms with E-state index in [4.69, 9.17) is 4.74 Å². The van der Waals surface area contributed by atoms with Crippen LogP contribution in [0, 0.1) is 5.92 Å². The molecule has 1 rings (SSSR count). The topological polar surface area (TPSA) is 27.1 Å². The van der Waals surface area contributed by atoms with Gasteiger partial charge in [-0.25, -0.2) is 0 Å². The highest BCUT2D eigenvalue weighted by atomic mass is 79.9. The first-order chi connectivity index (χ1) is 7.30. The number of alkyl halides is 1. The summed E-state index contributed by atoms with van der Waals surface area (Å²) in [6.07, 6.45) is 6.12. The van der Waals surface area contributed by atoms with Crippen molar-refractivity contribution in [2.24, 2.45) is 5.92 Å². The Bertz CT molecular complexity index is 275. The molecule has 0 bridgehead atoms. The molecule has 1 heterocycles. The van der Waals surface area contributed by atoms with Gasteiger partial charge >= 0.3 is 0 Å². The average Bonchev–Trinajstić information content (AvgIpc) is 2.72. The number of ether oxygens (including phenoxy) is 1. The van der Waals surface area contributed by atoms with Gasteiger partial charge in [-0.3, -0.25) is 4.68 Å². The van der Waals surface area contributed by atoms with Crippen molar-refractivity contribution >= 4 is 15.9 Å². The van der Waals surface area contributed by atoms with E-state index in [9.17, 15) is 0 Å². The maximum Gasteiger partial charge on any atom is 0.157 e. The Kier molecular flexibility index (Phi) is 5.76. The molecule has 86 valence electrons. The number of hydrogen-bond acceptors (Lipinski definition) is 2. The third-order valence-electron chi connectivity index (χ3n) is 2.33. The number of halogens is 1. The van der Waals surface area contributed by atoms with Gasteiger partial charge in [-0.1, -0.05) is 29.3 Å². The third kappa shape index (κ3) is 4.24. The van der Waals surface area contributed by atoms with Gasteiger partial charge in [0.05, 0.1) is 19.0 Å². The minimum atomic E-state index is 0.597. The van der Waals surface area contributed by atoms with Gasteiger partial charge in [0.25, 0.3) is 0 Å². The van der Waals surface area contributed by atoms with Gasteiger partial charge in [0.1, 0.15) is 0 Å². The van der Waals surface area contributed by atoms with E-state index in [1.54, 1.807) is 6.20 Å². The fourth-order valence-corrected chi connectivity index (χ4v) is 1.93. The molecule has 0 fully saturated rings. The average molecular weight is 275 g/mol. The van der Waals surface area contributed by atoms with Crippen LogP contribution in [0.25, 0.3) is 0 Å². The largest absolute Gasteiger partial charge is 0.490 e. The third-order valence-corrected chi connectivity index (χ3v) is 3.25. The maximum atomic E-state index is 5.68. The Morgan fingerprint density at radius 1 is 1.53 bits per heavy atom. The van der Waals surface area contributed by atoms with E-state index in [2.05, 4.69) is 34.9 Å². The smallest absolute Gasteiger partial charge is 0.157 e. The zero-order valence-corrected chi connectivity index (χ0v) is 11.0. The molecule has 1 atom stereocenters. The molecule has 0 aliphatic rings. The van der Waals surface area contributed by atoms with Crippen LogP contribution in [0.2, 0.25) is 0 Å². The highest BCUT2D eigenvalue weighted by Gasteiger charge is 2.07. The van der Waals surface area contributed by atoms with Crippen LogP contribution in [0.5, 0.6) is 5.75 Å². The van der Waals surface area contributed by atoms with E-state index < -0.39 is 0 Å². The SMILES string of the molecule is CCCC(CBr)COc1cnn(CC)c1. The predicted octanol–water partition coefficient (Wildman–Crippen LogP) is 3.09. The monoisotopic (exact) mass is 274 g/mol. The summed E-state index contributed by atoms with van der Waals surface area (Å²) in [7, 11) is 0. The molecule has 3 nitrogen and oxygen atoms in total. The van der Waals surface area contributed by atoms with Crippen LogP contribution in [0.3, 0.4) is 0 Å². The highest BCUT2D eigenvalue weighted by Crippen LogP contribution is 2.14. The van der Waals surface area contributed by atoms with E-state index in [0.717, 1.165) is 24.2 Å². The van der Waals surface area contributed by atoms with E-state index >= 15 is 0 Å². The first kappa shape index (κ1) is 12.6. The van der Waals surface area contributed by atoms with Crippen LogP contribution >= 0.6 is 15.9 Å². The molecular weight excluding hydrogens is 256 g/mol. The molecule has 0 aromatic carbocycles. The second kappa shape index (κ2) is 6.88. The summed E-state index contributed by atoms with van der Waals surface area (Å²) in [4.78, 5) is 0. The maximum absolute atomic E-state index is 5.68. The van der Waals surface area contributed by atoms with Gasteiger partial charge in [-0.15, -0.1) is 0 Å². The molecule has 0 spiro atoms. The summed E-state index contributed by atoms with van der Waals surface area (Å²) in [6.45, 7) is 5.93. The fourth-order valence-electron chi connectivity index (χ4n) is 1.42. The summed E-state index contributed by atoms with van der Waals surface area (Å²) >= 11 is 3.51. The van der Waals surface area contributed by atoms with E-state index in [1.165, 1.54) is 12.8 Å². The zero-order valence-electron chi connectivity index (χ0n) is 9.45. The second-order valence-electron chi connectivity index (χ2n) is 3.65. The molecule has 0 saturated heterocycles. The van der Waals surface area contributed by atoms with Crippen molar-refractivity contribution in [3.05, 3.63) is 12.4 Å². The van der Waals surface area contributed by atoms with Gasteiger partial charge in [0, 0.05) is 17.8 Å². The van der Waals surface area contributed by atoms with Gasteiger partial charge in [-0.05, 0) is 13.3 Å². The fraction of sp³-hybridized carbons (Fsp3) is 0.727. The Hall–Kier alpha value is -0.510. The van der Waals surface area contributed by atoms with Gasteiger partial charge < -0.3 is 4.74 Å². The minimum Gasteiger partial charge on any atom is -0.490 e. The van der Waals surface area contributed by atoms with Gasteiger partial charge in [0.2, 0.25) is 0 Å². The highest BCUT2D eigenvalue weighted by molar-refractivity contribution is 9.09. The van der Waals surface area contributed by atoms with Crippen molar-refractivity contribution in [2.45, 2.75) is 33.2 Å². The van der Waals surface area contributed by atoms with Crippen LogP contribution < -0.4 is 4.74 Å². The van der Waals surface area contributed by atoms with Crippen molar-refractivity contribution in [2.75, 3.05) is 11.9 Å². The molecule has 1 aromatic heterocycles. The zero-order chi connectivity index (χ0) is 11.1. The van der Waals surface area contributed by atoms with Crippen molar-refractivity contribution in [1.29, 1.82) is 0 Å². The molecule has 0 aliphatic carbocycles. The lowest BCUT2D eigenvalue weighted by atomic mass is 10.1. The summed E-state index contributed by atoms with van der Waals surface area (Å²) in [5.74, 6) is 1.47. The van der Waals surface area contributed by atoms with E-state index in [-0.39, 0.29) is 0 Å². The number of rotatable bonds is 7. The Balaban J connectivity index is 2.34. The first-order valence-corrected chi connectivity index (χ1v) is 6.63. The van der Waals surface area contributed by atoms with Crippen molar-refractivity contribution in [3.63, 3.8) is 0 Å². The van der Waals surface area contributed by atoms with Crippen LogP contribution in [0.1, 0.15) is 26.7 Å². The molecule has 15 heavy (non-hydrogen) atoms. The summed E-state index contributed by atoms with van der Waals surface area (Å²) < 4.78 is 7.55. The van der Waals surface area contributed by atoms with Gasteiger partial charge in [0.15, 0.2) is 5.75 Å². The van der Waals surface area contributed by atoms with Crippen molar-refractivity contribution in [3.8, 4) is 5.75 Å². The number of hydrogen-bond donors (Lipinski definition) is 0. The normalized spacial score (nSPS) is 12.7. The summed E-state index contributed by atoms with van der Waals surface area (Å²) in [5.41, 5.74) is 0. The van der Waals surface area contributed by atoms with E-state index in [1.807, 2.05) is 10.9 Å². The van der Waals surface area contributed by atoms with Crippen molar-refractivity contribution in [1.82, 2.24) is 9.78 Å². The molecular formula is C11H19BrN2O. The summed E-state index contributed by atoms with van der Waals surface area (Å²) in [5, 5.41) is 5.17. The standard InChI is InChI=1S/C11H19BrN2O/c1-3-5-10(6-12)9-15-11-7-13-14(4-2)8-11/h7-8,10H,3-6,9H2,1-2H3. The lowest BCUT2D eigenvalue weighted by Gasteiger charge is -2.12. The summed E-state index contributed by atoms with van der Waals surface area (Å²) in [6, 6.07) is 0. The number of aromatic nitrogens is 2. The van der Waals surface area contributed by atoms with Crippen LogP contribution in [-0.4, -0.2) is 21.7 Å². The molecule has 0 amide bonds. The number of nitrogens with zero attached hydrogens (tertiary/aromatic N) is 2. The molecule has 1 unspecified atom stereocenters. The molecule has 0 aliphatic heterocycles. The lowest BCUT2D eigenvalue weighted by Crippen LogP contribution is -2.13. The van der Waals surface area contributed by atoms with E-state index in [0.29, 0.717) is 5.92 Å². The van der Waals surface area contributed by atoms with Crippen LogP contribution in [0.15, 0.2) is 12.4 Å². The molecule has 0 N–H and O–H groups in total. The quantitative estimate of drug-likeness (QED) is 0.715. The van der Waals surface area contributed by atoms with Crippen LogP contribution in [0.4, 0.5) is 0 Å².